The first kappa shape index (κ1) is 12.9. The predicted octanol–water partition coefficient (Wildman–Crippen LogP) is 3.36. The van der Waals surface area contributed by atoms with Crippen LogP contribution in [0.15, 0.2) is 16.6 Å². The molecule has 17 heavy (non-hydrogen) atoms. The van der Waals surface area contributed by atoms with Crippen LogP contribution in [0, 0.1) is 11.6 Å². The Morgan fingerprint density at radius 2 is 2.18 bits per heavy atom. The lowest BCUT2D eigenvalue weighted by molar-refractivity contribution is 0.259. The van der Waals surface area contributed by atoms with Crippen molar-refractivity contribution in [2.45, 2.75) is 31.5 Å². The third-order valence-corrected chi connectivity index (χ3v) is 3.69. The second-order valence-electron chi connectivity index (χ2n) is 4.24. The van der Waals surface area contributed by atoms with Crippen molar-refractivity contribution in [3.05, 3.63) is 33.8 Å². The Hall–Kier alpha value is -0.550. The van der Waals surface area contributed by atoms with E-state index in [9.17, 15) is 13.2 Å². The van der Waals surface area contributed by atoms with E-state index in [4.69, 9.17) is 0 Å². The fourth-order valence-corrected chi connectivity index (χ4v) is 2.49. The number of benzene rings is 1. The summed E-state index contributed by atoms with van der Waals surface area (Å²) >= 11 is 2.97. The van der Waals surface area contributed by atoms with Crippen molar-refractivity contribution in [1.82, 2.24) is 5.32 Å². The summed E-state index contributed by atoms with van der Waals surface area (Å²) in [4.78, 5) is 0. The summed E-state index contributed by atoms with van der Waals surface area (Å²) in [7, 11) is 0. The van der Waals surface area contributed by atoms with E-state index in [0.717, 1.165) is 25.5 Å². The molecule has 5 heteroatoms. The summed E-state index contributed by atoms with van der Waals surface area (Å²) in [5.41, 5.74) is -0.180. The molecule has 1 aromatic rings. The van der Waals surface area contributed by atoms with E-state index in [0.29, 0.717) is 0 Å². The molecule has 1 N–H and O–H groups in total. The van der Waals surface area contributed by atoms with Crippen LogP contribution in [0.4, 0.5) is 13.2 Å². The van der Waals surface area contributed by atoms with Crippen molar-refractivity contribution in [1.29, 1.82) is 0 Å². The van der Waals surface area contributed by atoms with Gasteiger partial charge in [-0.3, -0.25) is 0 Å². The summed E-state index contributed by atoms with van der Waals surface area (Å²) in [5.74, 6) is -1.39. The summed E-state index contributed by atoms with van der Waals surface area (Å²) < 4.78 is 41.1. The molecule has 1 saturated heterocycles. The number of halogens is 4. The highest BCUT2D eigenvalue weighted by atomic mass is 79.9. The topological polar surface area (TPSA) is 12.0 Å². The average Bonchev–Trinajstić information content (AvgIpc) is 2.83. The van der Waals surface area contributed by atoms with Gasteiger partial charge in [-0.1, -0.05) is 0 Å². The molecule has 2 unspecified atom stereocenters. The van der Waals surface area contributed by atoms with Gasteiger partial charge in [0.1, 0.15) is 17.8 Å². The fourth-order valence-electron chi connectivity index (χ4n) is 2.11. The Labute approximate surface area is 107 Å². The van der Waals surface area contributed by atoms with Crippen molar-refractivity contribution >= 4 is 15.9 Å². The van der Waals surface area contributed by atoms with Gasteiger partial charge < -0.3 is 5.32 Å². The number of rotatable bonds is 3. The first-order chi connectivity index (χ1) is 8.09. The average molecular weight is 308 g/mol. The number of hydrogen-bond donors (Lipinski definition) is 1. The van der Waals surface area contributed by atoms with Crippen molar-refractivity contribution < 1.29 is 13.2 Å². The summed E-state index contributed by atoms with van der Waals surface area (Å²) in [6, 6.07) is 2.15. The predicted molar refractivity (Wildman–Crippen MR) is 63.7 cm³/mol. The van der Waals surface area contributed by atoms with Crippen molar-refractivity contribution in [2.24, 2.45) is 0 Å². The second kappa shape index (κ2) is 5.40. The Balaban J connectivity index is 2.14. The molecule has 1 nitrogen and oxygen atoms in total. The van der Waals surface area contributed by atoms with E-state index in [-0.39, 0.29) is 22.5 Å². The zero-order valence-electron chi connectivity index (χ0n) is 9.15. The molecular formula is C12H13BrF3N. The van der Waals surface area contributed by atoms with Gasteiger partial charge in [0.05, 0.1) is 4.47 Å². The van der Waals surface area contributed by atoms with Gasteiger partial charge in [-0.2, -0.15) is 0 Å². The van der Waals surface area contributed by atoms with Crippen LogP contribution in [0.1, 0.15) is 18.4 Å². The van der Waals surface area contributed by atoms with Crippen LogP contribution in [0.3, 0.4) is 0 Å². The first-order valence-corrected chi connectivity index (χ1v) is 6.38. The molecule has 1 aliphatic rings. The Bertz CT molecular complexity index is 405. The number of hydrogen-bond acceptors (Lipinski definition) is 1. The summed E-state index contributed by atoms with van der Waals surface area (Å²) in [6.45, 7) is 0.772. The molecule has 2 atom stereocenters. The number of nitrogens with one attached hydrogen (secondary N) is 1. The van der Waals surface area contributed by atoms with Gasteiger partial charge in [0.2, 0.25) is 0 Å². The normalized spacial score (nSPS) is 21.8. The van der Waals surface area contributed by atoms with E-state index in [1.54, 1.807) is 0 Å². The quantitative estimate of drug-likeness (QED) is 0.844. The summed E-state index contributed by atoms with van der Waals surface area (Å²) in [6.07, 6.45) is 0.151. The van der Waals surface area contributed by atoms with Crippen LogP contribution >= 0.6 is 15.9 Å². The van der Waals surface area contributed by atoms with E-state index in [1.807, 2.05) is 0 Å². The maximum Gasteiger partial charge on any atom is 0.143 e. The van der Waals surface area contributed by atoms with Crippen LogP contribution in [0.5, 0.6) is 0 Å². The Morgan fingerprint density at radius 1 is 1.41 bits per heavy atom. The van der Waals surface area contributed by atoms with Crippen LogP contribution in [0.2, 0.25) is 0 Å². The minimum Gasteiger partial charge on any atom is -0.311 e. The van der Waals surface area contributed by atoms with Gasteiger partial charge in [-0.25, -0.2) is 13.2 Å². The minimum atomic E-state index is -1.25. The molecule has 1 fully saturated rings. The molecule has 2 rings (SSSR count). The molecular weight excluding hydrogens is 295 g/mol. The molecule has 1 aliphatic heterocycles. The molecule has 0 aliphatic carbocycles. The SMILES string of the molecule is Fc1ccc(Br)c(F)c1CC(F)C1CCCN1. The molecule has 94 valence electrons. The molecule has 1 aromatic carbocycles. The van der Waals surface area contributed by atoms with Gasteiger partial charge in [-0.05, 0) is 47.4 Å². The van der Waals surface area contributed by atoms with E-state index in [1.165, 1.54) is 6.07 Å². The van der Waals surface area contributed by atoms with Crippen LogP contribution in [-0.4, -0.2) is 18.8 Å². The highest BCUT2D eigenvalue weighted by Gasteiger charge is 2.26. The third-order valence-electron chi connectivity index (χ3n) is 3.07. The van der Waals surface area contributed by atoms with Gasteiger partial charge in [0, 0.05) is 18.0 Å². The van der Waals surface area contributed by atoms with Gasteiger partial charge in [0.15, 0.2) is 0 Å². The lowest BCUT2D eigenvalue weighted by Crippen LogP contribution is -2.33. The third kappa shape index (κ3) is 2.83. The van der Waals surface area contributed by atoms with Crippen molar-refractivity contribution in [3.63, 3.8) is 0 Å². The largest absolute Gasteiger partial charge is 0.311 e. The van der Waals surface area contributed by atoms with E-state index >= 15 is 0 Å². The Morgan fingerprint density at radius 3 is 2.82 bits per heavy atom. The van der Waals surface area contributed by atoms with Crippen molar-refractivity contribution in [3.8, 4) is 0 Å². The zero-order valence-corrected chi connectivity index (χ0v) is 10.7. The second-order valence-corrected chi connectivity index (χ2v) is 5.10. The monoisotopic (exact) mass is 307 g/mol. The van der Waals surface area contributed by atoms with Gasteiger partial charge >= 0.3 is 0 Å². The first-order valence-electron chi connectivity index (χ1n) is 5.59. The van der Waals surface area contributed by atoms with Crippen LogP contribution in [0.25, 0.3) is 0 Å². The molecule has 0 bridgehead atoms. The lowest BCUT2D eigenvalue weighted by atomic mass is 10.0. The van der Waals surface area contributed by atoms with E-state index < -0.39 is 17.8 Å². The van der Waals surface area contributed by atoms with Gasteiger partial charge in [0.25, 0.3) is 0 Å². The molecule has 0 amide bonds. The fraction of sp³-hybridized carbons (Fsp3) is 0.500. The molecule has 1 heterocycles. The molecule has 0 aromatic heterocycles. The number of alkyl halides is 1. The van der Waals surface area contributed by atoms with Crippen molar-refractivity contribution in [2.75, 3.05) is 6.54 Å². The minimum absolute atomic E-state index is 0.167. The maximum absolute atomic E-state index is 13.9. The molecule has 0 radical (unpaired) electrons. The molecule has 0 saturated carbocycles. The van der Waals surface area contributed by atoms with Crippen LogP contribution in [-0.2, 0) is 6.42 Å². The summed E-state index contributed by atoms with van der Waals surface area (Å²) in [5, 5.41) is 3.00. The standard InChI is InChI=1S/C12H13BrF3N/c13-8-3-4-9(14)7(12(8)16)6-10(15)11-2-1-5-17-11/h3-4,10-11,17H,1-2,5-6H2. The molecule has 0 spiro atoms. The maximum atomic E-state index is 13.9. The highest BCUT2D eigenvalue weighted by Crippen LogP contribution is 2.25. The highest BCUT2D eigenvalue weighted by molar-refractivity contribution is 9.10. The van der Waals surface area contributed by atoms with Gasteiger partial charge in [-0.15, -0.1) is 0 Å². The lowest BCUT2D eigenvalue weighted by Gasteiger charge is -2.16. The van der Waals surface area contributed by atoms with E-state index in [2.05, 4.69) is 21.2 Å². The Kier molecular flexibility index (Phi) is 4.09. The smallest absolute Gasteiger partial charge is 0.143 e. The van der Waals surface area contributed by atoms with Crippen LogP contribution < -0.4 is 5.32 Å². The zero-order chi connectivity index (χ0) is 12.4.